The number of nitrogens with zero attached hydrogens (tertiary/aromatic N) is 2. The maximum atomic E-state index is 12.8. The van der Waals surface area contributed by atoms with E-state index in [9.17, 15) is 9.59 Å². The Morgan fingerprint density at radius 1 is 1.27 bits per heavy atom. The van der Waals surface area contributed by atoms with Crippen LogP contribution in [0.1, 0.15) is 55.9 Å². The minimum Gasteiger partial charge on any atom is -0.383 e. The molecule has 4 aliphatic carbocycles. The zero-order chi connectivity index (χ0) is 18.3. The van der Waals surface area contributed by atoms with Crippen molar-refractivity contribution in [2.75, 3.05) is 13.7 Å². The fraction of sp³-hybridized carbons (Fsp3) is 0.750. The number of amides is 1. The summed E-state index contributed by atoms with van der Waals surface area (Å²) in [5, 5.41) is 7.43. The number of carbonyl (C=O) groups is 1. The van der Waals surface area contributed by atoms with Gasteiger partial charge in [-0.15, -0.1) is 0 Å². The molecule has 4 fully saturated rings. The highest BCUT2D eigenvalue weighted by Crippen LogP contribution is 2.61. The topological polar surface area (TPSA) is 73.2 Å². The van der Waals surface area contributed by atoms with Crippen molar-refractivity contribution in [2.45, 2.75) is 58.0 Å². The number of aromatic nitrogens is 2. The van der Waals surface area contributed by atoms with Crippen LogP contribution in [0.3, 0.4) is 0 Å². The van der Waals surface area contributed by atoms with Gasteiger partial charge in [0.25, 0.3) is 11.5 Å². The van der Waals surface area contributed by atoms with Gasteiger partial charge in [0, 0.05) is 19.2 Å². The molecule has 0 aromatic carbocycles. The molecule has 1 N–H and O–H groups in total. The van der Waals surface area contributed by atoms with Gasteiger partial charge in [-0.2, -0.15) is 5.10 Å². The van der Waals surface area contributed by atoms with Crippen LogP contribution in [-0.4, -0.2) is 35.4 Å². The monoisotopic (exact) mass is 359 g/mol. The van der Waals surface area contributed by atoms with E-state index >= 15 is 0 Å². The summed E-state index contributed by atoms with van der Waals surface area (Å²) < 4.78 is 6.30. The molecule has 0 aliphatic heterocycles. The maximum absolute atomic E-state index is 12.8. The second-order valence-corrected chi connectivity index (χ2v) is 8.75. The number of ether oxygens (including phenoxy) is 1. The predicted molar refractivity (Wildman–Crippen MR) is 97.9 cm³/mol. The quantitative estimate of drug-likeness (QED) is 0.845. The van der Waals surface area contributed by atoms with Gasteiger partial charge < -0.3 is 10.1 Å². The van der Waals surface area contributed by atoms with E-state index in [0.717, 1.165) is 17.8 Å². The van der Waals surface area contributed by atoms with Crippen molar-refractivity contribution in [1.29, 1.82) is 0 Å². The summed E-state index contributed by atoms with van der Waals surface area (Å²) in [6, 6.07) is 3.07. The molecule has 0 unspecified atom stereocenters. The summed E-state index contributed by atoms with van der Waals surface area (Å²) in [7, 11) is 1.58. The highest BCUT2D eigenvalue weighted by atomic mass is 16.5. The molecule has 6 nitrogen and oxygen atoms in total. The first-order valence-electron chi connectivity index (χ1n) is 9.87. The Labute approximate surface area is 154 Å². The van der Waals surface area contributed by atoms with Crippen molar-refractivity contribution in [3.8, 4) is 0 Å². The second kappa shape index (κ2) is 6.80. The molecule has 0 spiro atoms. The average molecular weight is 359 g/mol. The zero-order valence-electron chi connectivity index (χ0n) is 15.7. The minimum absolute atomic E-state index is 0.143. The van der Waals surface area contributed by atoms with Crippen LogP contribution in [0.25, 0.3) is 0 Å². The van der Waals surface area contributed by atoms with Crippen molar-refractivity contribution >= 4 is 5.91 Å². The highest BCUT2D eigenvalue weighted by molar-refractivity contribution is 5.92. The Hall–Kier alpha value is -1.69. The van der Waals surface area contributed by atoms with Crippen molar-refractivity contribution in [2.24, 2.45) is 23.2 Å². The van der Waals surface area contributed by atoms with Crippen LogP contribution in [-0.2, 0) is 11.3 Å². The Kier molecular flexibility index (Phi) is 4.63. The number of carbonyl (C=O) groups excluding carboxylic acids is 1. The molecule has 1 aromatic rings. The molecule has 0 saturated heterocycles. The normalized spacial score (nSPS) is 33.2. The Morgan fingerprint density at radius 2 is 1.88 bits per heavy atom. The molecular weight excluding hydrogens is 330 g/mol. The molecule has 142 valence electrons. The maximum Gasteiger partial charge on any atom is 0.271 e. The van der Waals surface area contributed by atoms with Gasteiger partial charge in [-0.3, -0.25) is 9.59 Å². The molecule has 26 heavy (non-hydrogen) atoms. The average Bonchev–Trinajstić information content (AvgIpc) is 2.59. The Bertz CT molecular complexity index is 707. The number of hydrogen-bond donors (Lipinski definition) is 1. The van der Waals surface area contributed by atoms with Crippen LogP contribution in [0.2, 0.25) is 0 Å². The van der Waals surface area contributed by atoms with Gasteiger partial charge in [0.2, 0.25) is 0 Å². The van der Waals surface area contributed by atoms with Gasteiger partial charge in [0.05, 0.1) is 13.2 Å². The van der Waals surface area contributed by atoms with Crippen molar-refractivity contribution < 1.29 is 9.53 Å². The third kappa shape index (κ3) is 3.20. The third-order valence-electron chi connectivity index (χ3n) is 6.96. The number of methoxy groups -OCH3 is 1. The van der Waals surface area contributed by atoms with E-state index in [1.165, 1.54) is 55.3 Å². The van der Waals surface area contributed by atoms with Crippen LogP contribution in [0.4, 0.5) is 0 Å². The fourth-order valence-electron chi connectivity index (χ4n) is 6.04. The van der Waals surface area contributed by atoms with Crippen LogP contribution in [0, 0.1) is 23.2 Å². The molecule has 6 heteroatoms. The third-order valence-corrected chi connectivity index (χ3v) is 6.96. The molecule has 1 amide bonds. The molecule has 1 heterocycles. The lowest BCUT2D eigenvalue weighted by Gasteiger charge is -2.59. The standard InChI is InChI=1S/C20H29N3O3/c1-13(20-10-14-7-15(11-20)9-16(8-14)12-20)21-19(25)17-3-4-18(24)23(22-17)5-6-26-2/h3-4,13-16H,5-12H2,1-2H3,(H,21,25)/t13-,14?,15?,16?,20?/m1/s1. The summed E-state index contributed by atoms with van der Waals surface area (Å²) in [5.41, 5.74) is 0.347. The van der Waals surface area contributed by atoms with E-state index in [4.69, 9.17) is 4.74 Å². The van der Waals surface area contributed by atoms with Crippen molar-refractivity contribution in [3.05, 3.63) is 28.2 Å². The smallest absolute Gasteiger partial charge is 0.271 e. The molecule has 0 radical (unpaired) electrons. The van der Waals surface area contributed by atoms with Gasteiger partial charge in [0.15, 0.2) is 0 Å². The Balaban J connectivity index is 1.47. The first-order chi connectivity index (χ1) is 12.5. The summed E-state index contributed by atoms with van der Waals surface area (Å²) in [6.45, 7) is 2.90. The molecule has 5 rings (SSSR count). The molecule has 4 saturated carbocycles. The van der Waals surface area contributed by atoms with Gasteiger partial charge in [0.1, 0.15) is 5.69 Å². The predicted octanol–water partition coefficient (Wildman–Crippen LogP) is 2.22. The van der Waals surface area contributed by atoms with Crippen LogP contribution >= 0.6 is 0 Å². The minimum atomic E-state index is -0.215. The molecule has 1 atom stereocenters. The molecule has 4 bridgehead atoms. The van der Waals surface area contributed by atoms with Crippen LogP contribution in [0.5, 0.6) is 0 Å². The summed E-state index contributed by atoms with van der Waals surface area (Å²) in [5.74, 6) is 2.39. The summed E-state index contributed by atoms with van der Waals surface area (Å²) >= 11 is 0. The van der Waals surface area contributed by atoms with Crippen molar-refractivity contribution in [1.82, 2.24) is 15.1 Å². The van der Waals surface area contributed by atoms with Gasteiger partial charge in [-0.1, -0.05) is 0 Å². The lowest BCUT2D eigenvalue weighted by molar-refractivity contribution is -0.0688. The Morgan fingerprint density at radius 3 is 2.46 bits per heavy atom. The number of rotatable bonds is 6. The zero-order valence-corrected chi connectivity index (χ0v) is 15.7. The van der Waals surface area contributed by atoms with E-state index < -0.39 is 0 Å². The first-order valence-corrected chi connectivity index (χ1v) is 9.87. The summed E-state index contributed by atoms with van der Waals surface area (Å²) in [4.78, 5) is 24.6. The van der Waals surface area contributed by atoms with E-state index in [1.54, 1.807) is 7.11 Å². The molecule has 1 aromatic heterocycles. The van der Waals surface area contributed by atoms with E-state index in [1.807, 2.05) is 0 Å². The molecular formula is C20H29N3O3. The lowest BCUT2D eigenvalue weighted by atomic mass is 9.48. The lowest BCUT2D eigenvalue weighted by Crippen LogP contribution is -2.56. The van der Waals surface area contributed by atoms with Crippen LogP contribution in [0.15, 0.2) is 16.9 Å². The first kappa shape index (κ1) is 17.7. The highest BCUT2D eigenvalue weighted by Gasteiger charge is 2.53. The van der Waals surface area contributed by atoms with Crippen molar-refractivity contribution in [3.63, 3.8) is 0 Å². The largest absolute Gasteiger partial charge is 0.383 e. The number of hydrogen-bond acceptors (Lipinski definition) is 4. The van der Waals surface area contributed by atoms with E-state index in [2.05, 4.69) is 17.3 Å². The van der Waals surface area contributed by atoms with Crippen LogP contribution < -0.4 is 10.9 Å². The second-order valence-electron chi connectivity index (χ2n) is 8.75. The molecule has 4 aliphatic rings. The van der Waals surface area contributed by atoms with E-state index in [0.29, 0.717) is 18.8 Å². The van der Waals surface area contributed by atoms with E-state index in [-0.39, 0.29) is 22.9 Å². The SMILES string of the molecule is COCCn1nc(C(=O)N[C@H](C)C23CC4CC(CC(C4)C2)C3)ccc1=O. The van der Waals surface area contributed by atoms with Gasteiger partial charge >= 0.3 is 0 Å². The summed E-state index contributed by atoms with van der Waals surface area (Å²) in [6.07, 6.45) is 7.94. The van der Waals surface area contributed by atoms with Gasteiger partial charge in [-0.05, 0) is 74.7 Å². The van der Waals surface area contributed by atoms with Gasteiger partial charge in [-0.25, -0.2) is 4.68 Å². The fourth-order valence-corrected chi connectivity index (χ4v) is 6.04. The number of nitrogens with one attached hydrogen (secondary N) is 1.